The molecule has 0 rings (SSSR count). The number of carbonyl (C=O) groups excluding carboxylic acids is 1. The minimum Gasteiger partial charge on any atom is -0.486 e. The van der Waals surface area contributed by atoms with E-state index in [9.17, 15) is 9.59 Å². The van der Waals surface area contributed by atoms with Crippen molar-refractivity contribution in [3.8, 4) is 0 Å². The summed E-state index contributed by atoms with van der Waals surface area (Å²) in [7, 11) is 1.16. The monoisotopic (exact) mass is 174 g/mol. The number of rotatable bonds is 5. The summed E-state index contributed by atoms with van der Waals surface area (Å²) in [6.07, 6.45) is -0.534. The smallest absolute Gasteiger partial charge is 0.347 e. The summed E-state index contributed by atoms with van der Waals surface area (Å²) in [5.41, 5.74) is 0. The lowest BCUT2D eigenvalue weighted by Gasteiger charge is -2.10. The predicted octanol–water partition coefficient (Wildman–Crippen LogP) is 0.163. The van der Waals surface area contributed by atoms with E-state index in [1.807, 2.05) is 0 Å². The van der Waals surface area contributed by atoms with Crippen molar-refractivity contribution in [1.29, 1.82) is 0 Å². The zero-order valence-corrected chi connectivity index (χ0v) is 6.65. The van der Waals surface area contributed by atoms with Gasteiger partial charge in [-0.05, 0) is 0 Å². The van der Waals surface area contributed by atoms with Crippen LogP contribution >= 0.6 is 0 Å². The van der Waals surface area contributed by atoms with E-state index in [-0.39, 0.29) is 0 Å². The van der Waals surface area contributed by atoms with Crippen LogP contribution in [0.15, 0.2) is 12.8 Å². The third-order valence-corrected chi connectivity index (χ3v) is 1.08. The van der Waals surface area contributed by atoms with Gasteiger partial charge in [-0.2, -0.15) is 0 Å². The molecule has 5 nitrogen and oxygen atoms in total. The summed E-state index contributed by atoms with van der Waals surface area (Å²) < 4.78 is 8.90. The largest absolute Gasteiger partial charge is 0.486 e. The first-order chi connectivity index (χ1) is 5.61. The van der Waals surface area contributed by atoms with Crippen LogP contribution in [0.1, 0.15) is 6.42 Å². The van der Waals surface area contributed by atoms with Crippen LogP contribution in [0.5, 0.6) is 0 Å². The molecule has 0 aromatic rings. The zero-order valence-electron chi connectivity index (χ0n) is 6.65. The Balaban J connectivity index is 4.11. The summed E-state index contributed by atoms with van der Waals surface area (Å²) >= 11 is 0. The molecule has 1 unspecified atom stereocenters. The summed E-state index contributed by atoms with van der Waals surface area (Å²) in [6, 6.07) is 0. The SMILES string of the molecule is C=COC(CC(=O)O)C(=O)OC. The second kappa shape index (κ2) is 5.17. The van der Waals surface area contributed by atoms with Gasteiger partial charge in [0.2, 0.25) is 6.10 Å². The van der Waals surface area contributed by atoms with Gasteiger partial charge in [0.25, 0.3) is 0 Å². The lowest BCUT2D eigenvalue weighted by molar-refractivity contribution is -0.156. The molecule has 1 N–H and O–H groups in total. The Morgan fingerprint density at radius 2 is 2.25 bits per heavy atom. The quantitative estimate of drug-likeness (QED) is 0.475. The first-order valence-corrected chi connectivity index (χ1v) is 3.17. The van der Waals surface area contributed by atoms with Crippen LogP contribution in [0.4, 0.5) is 0 Å². The first-order valence-electron chi connectivity index (χ1n) is 3.17. The average molecular weight is 174 g/mol. The summed E-state index contributed by atoms with van der Waals surface area (Å²) in [4.78, 5) is 21.0. The van der Waals surface area contributed by atoms with Crippen molar-refractivity contribution in [2.45, 2.75) is 12.5 Å². The third kappa shape index (κ3) is 3.60. The standard InChI is InChI=1S/C7H10O5/c1-3-12-5(4-6(8)9)7(10)11-2/h3,5H,1,4H2,2H3,(H,8,9). The molecule has 0 aliphatic carbocycles. The van der Waals surface area contributed by atoms with Crippen LogP contribution in [0.2, 0.25) is 0 Å². The average Bonchev–Trinajstić information content (AvgIpc) is 2.01. The van der Waals surface area contributed by atoms with Crippen LogP contribution in [0.25, 0.3) is 0 Å². The van der Waals surface area contributed by atoms with Crippen molar-refractivity contribution < 1.29 is 24.2 Å². The number of hydrogen-bond acceptors (Lipinski definition) is 4. The zero-order chi connectivity index (χ0) is 9.56. The lowest BCUT2D eigenvalue weighted by atomic mass is 10.2. The highest BCUT2D eigenvalue weighted by Crippen LogP contribution is 2.01. The fraction of sp³-hybridized carbons (Fsp3) is 0.429. The van der Waals surface area contributed by atoms with E-state index in [2.05, 4.69) is 16.1 Å². The Morgan fingerprint density at radius 1 is 1.67 bits per heavy atom. The van der Waals surface area contributed by atoms with Crippen molar-refractivity contribution in [2.24, 2.45) is 0 Å². The first kappa shape index (κ1) is 10.5. The van der Waals surface area contributed by atoms with E-state index < -0.39 is 24.5 Å². The van der Waals surface area contributed by atoms with Crippen molar-refractivity contribution in [3.63, 3.8) is 0 Å². The number of hydrogen-bond donors (Lipinski definition) is 1. The van der Waals surface area contributed by atoms with Gasteiger partial charge in [-0.3, -0.25) is 4.79 Å². The number of esters is 1. The number of methoxy groups -OCH3 is 1. The Bertz CT molecular complexity index is 186. The Hall–Kier alpha value is -1.52. The Kier molecular flexibility index (Phi) is 4.52. The summed E-state index contributed by atoms with van der Waals surface area (Å²) in [5, 5.41) is 8.33. The van der Waals surface area contributed by atoms with Crippen molar-refractivity contribution in [3.05, 3.63) is 12.8 Å². The van der Waals surface area contributed by atoms with E-state index in [1.165, 1.54) is 0 Å². The molecule has 0 aromatic carbocycles. The van der Waals surface area contributed by atoms with Crippen LogP contribution in [0, 0.1) is 0 Å². The molecule has 0 fully saturated rings. The maximum absolute atomic E-state index is 10.8. The molecule has 5 heteroatoms. The van der Waals surface area contributed by atoms with Gasteiger partial charge in [-0.1, -0.05) is 6.58 Å². The second-order valence-corrected chi connectivity index (χ2v) is 1.91. The number of ether oxygens (including phenoxy) is 2. The molecule has 0 aliphatic heterocycles. The molecular formula is C7H10O5. The number of aliphatic carboxylic acids is 1. The molecule has 0 amide bonds. The normalized spacial score (nSPS) is 11.4. The van der Waals surface area contributed by atoms with Gasteiger partial charge in [0.05, 0.1) is 19.8 Å². The van der Waals surface area contributed by atoms with Gasteiger partial charge in [0.1, 0.15) is 0 Å². The Labute approximate surface area is 69.6 Å². The molecule has 0 aliphatic rings. The van der Waals surface area contributed by atoms with E-state index in [0.717, 1.165) is 13.4 Å². The van der Waals surface area contributed by atoms with Crippen molar-refractivity contribution in [2.75, 3.05) is 7.11 Å². The molecule has 0 aromatic heterocycles. The fourth-order valence-electron chi connectivity index (χ4n) is 0.593. The fourth-order valence-corrected chi connectivity index (χ4v) is 0.593. The molecule has 0 saturated carbocycles. The lowest BCUT2D eigenvalue weighted by Crippen LogP contribution is -2.26. The highest BCUT2D eigenvalue weighted by molar-refractivity contribution is 5.80. The van der Waals surface area contributed by atoms with Gasteiger partial charge in [-0.15, -0.1) is 0 Å². The Morgan fingerprint density at radius 3 is 2.58 bits per heavy atom. The molecular weight excluding hydrogens is 164 g/mol. The minimum atomic E-state index is -1.13. The van der Waals surface area contributed by atoms with Crippen LogP contribution in [-0.4, -0.2) is 30.3 Å². The number of carboxylic acids is 1. The van der Waals surface area contributed by atoms with E-state index in [0.29, 0.717) is 0 Å². The maximum Gasteiger partial charge on any atom is 0.347 e. The van der Waals surface area contributed by atoms with Crippen molar-refractivity contribution >= 4 is 11.9 Å². The molecule has 0 radical (unpaired) electrons. The van der Waals surface area contributed by atoms with Gasteiger partial charge in [-0.25, -0.2) is 4.79 Å². The second-order valence-electron chi connectivity index (χ2n) is 1.91. The number of carbonyl (C=O) groups is 2. The summed E-state index contributed by atoms with van der Waals surface area (Å²) in [6.45, 7) is 3.20. The topological polar surface area (TPSA) is 72.8 Å². The third-order valence-electron chi connectivity index (χ3n) is 1.08. The highest BCUT2D eigenvalue weighted by Gasteiger charge is 2.22. The van der Waals surface area contributed by atoms with E-state index in [1.54, 1.807) is 0 Å². The van der Waals surface area contributed by atoms with Crippen LogP contribution in [0.3, 0.4) is 0 Å². The number of carboxylic acid groups (broad SMARTS) is 1. The molecule has 0 spiro atoms. The van der Waals surface area contributed by atoms with Gasteiger partial charge in [0, 0.05) is 0 Å². The van der Waals surface area contributed by atoms with E-state index in [4.69, 9.17) is 5.11 Å². The maximum atomic E-state index is 10.8. The molecule has 12 heavy (non-hydrogen) atoms. The molecule has 0 bridgehead atoms. The predicted molar refractivity (Wildman–Crippen MR) is 39.3 cm³/mol. The minimum absolute atomic E-state index is 0.432. The van der Waals surface area contributed by atoms with Crippen LogP contribution < -0.4 is 0 Å². The van der Waals surface area contributed by atoms with Gasteiger partial charge >= 0.3 is 11.9 Å². The van der Waals surface area contributed by atoms with Gasteiger partial charge in [0.15, 0.2) is 0 Å². The molecule has 1 atom stereocenters. The van der Waals surface area contributed by atoms with E-state index >= 15 is 0 Å². The van der Waals surface area contributed by atoms with Crippen LogP contribution in [-0.2, 0) is 19.1 Å². The summed E-state index contributed by atoms with van der Waals surface area (Å²) in [5.74, 6) is -1.86. The molecule has 0 heterocycles. The van der Waals surface area contributed by atoms with Gasteiger partial charge < -0.3 is 14.6 Å². The van der Waals surface area contributed by atoms with Crippen molar-refractivity contribution in [1.82, 2.24) is 0 Å². The molecule has 0 saturated heterocycles. The molecule has 68 valence electrons. The highest BCUT2D eigenvalue weighted by atomic mass is 16.6.